The van der Waals surface area contributed by atoms with E-state index in [-0.39, 0.29) is 17.7 Å². The molecule has 6 nitrogen and oxygen atoms in total. The van der Waals surface area contributed by atoms with Gasteiger partial charge in [-0.05, 0) is 36.6 Å². The summed E-state index contributed by atoms with van der Waals surface area (Å²) in [5, 5.41) is 7.08. The van der Waals surface area contributed by atoms with Crippen molar-refractivity contribution in [3.8, 4) is 0 Å². The number of amides is 2. The summed E-state index contributed by atoms with van der Waals surface area (Å²) >= 11 is 3.41. The van der Waals surface area contributed by atoms with Crippen LogP contribution in [-0.2, 0) is 16.1 Å². The normalized spacial score (nSPS) is 18.4. The van der Waals surface area contributed by atoms with Crippen LogP contribution in [0, 0.1) is 11.8 Å². The first-order chi connectivity index (χ1) is 12.0. The van der Waals surface area contributed by atoms with Gasteiger partial charge in [0, 0.05) is 42.2 Å². The lowest BCUT2D eigenvalue weighted by Crippen LogP contribution is -2.39. The molecule has 1 N–H and O–H groups in total. The maximum Gasteiger partial charge on any atom is 0.239 e. The molecule has 1 aromatic carbocycles. The number of nitrogens with one attached hydrogen (secondary N) is 1. The molecule has 1 saturated heterocycles. The van der Waals surface area contributed by atoms with E-state index < -0.39 is 5.92 Å². The Hall–Kier alpha value is -2.15. The fraction of sp³-hybridized carbons (Fsp3) is 0.389. The number of carbonyl (C=O) groups is 2. The van der Waals surface area contributed by atoms with Crippen LogP contribution in [0.2, 0.25) is 0 Å². The van der Waals surface area contributed by atoms with Gasteiger partial charge in [0.25, 0.3) is 0 Å². The molecule has 2 amide bonds. The third-order valence-electron chi connectivity index (χ3n) is 4.32. The molecule has 2 aromatic rings. The summed E-state index contributed by atoms with van der Waals surface area (Å²) in [5.41, 5.74) is 0.821. The number of nitrogens with zero attached hydrogens (tertiary/aromatic N) is 3. The van der Waals surface area contributed by atoms with E-state index in [0.717, 1.165) is 16.7 Å². The van der Waals surface area contributed by atoms with Crippen molar-refractivity contribution in [2.75, 3.05) is 18.0 Å². The van der Waals surface area contributed by atoms with Crippen LogP contribution in [0.15, 0.2) is 47.2 Å². The van der Waals surface area contributed by atoms with Crippen LogP contribution in [0.5, 0.6) is 0 Å². The lowest BCUT2D eigenvalue weighted by molar-refractivity contribution is -0.132. The fourth-order valence-corrected chi connectivity index (χ4v) is 3.40. The zero-order valence-corrected chi connectivity index (χ0v) is 15.6. The zero-order valence-electron chi connectivity index (χ0n) is 14.1. The summed E-state index contributed by atoms with van der Waals surface area (Å²) in [6, 6.07) is 9.45. The number of halogens is 1. The molecule has 25 heavy (non-hydrogen) atoms. The Kier molecular flexibility index (Phi) is 5.53. The maximum absolute atomic E-state index is 12.6. The van der Waals surface area contributed by atoms with Gasteiger partial charge in [-0.1, -0.05) is 28.9 Å². The maximum atomic E-state index is 12.6. The van der Waals surface area contributed by atoms with Gasteiger partial charge in [0.2, 0.25) is 11.8 Å². The second-order valence-electron chi connectivity index (χ2n) is 6.39. The highest BCUT2D eigenvalue weighted by molar-refractivity contribution is 9.10. The zero-order chi connectivity index (χ0) is 17.8. The van der Waals surface area contributed by atoms with Gasteiger partial charge in [0.15, 0.2) is 0 Å². The van der Waals surface area contributed by atoms with Crippen LogP contribution in [-0.4, -0.2) is 34.7 Å². The van der Waals surface area contributed by atoms with Crippen molar-refractivity contribution < 1.29 is 9.59 Å². The molecule has 0 spiro atoms. The van der Waals surface area contributed by atoms with Crippen LogP contribution < -0.4 is 10.2 Å². The molecule has 1 aliphatic heterocycles. The molecule has 2 atom stereocenters. The standard InChI is InChI=1S/C18H21BrN4O2/c1-13(12-22-8-3-7-21-22)11-20-17(24)16-6-9-23(18(16)25)15-5-2-4-14(19)10-15/h2-5,7-8,10,13,16H,6,9,11-12H2,1H3,(H,20,24). The van der Waals surface area contributed by atoms with Crippen molar-refractivity contribution in [2.45, 2.75) is 19.9 Å². The van der Waals surface area contributed by atoms with Crippen molar-refractivity contribution >= 4 is 33.4 Å². The average Bonchev–Trinajstić information content (AvgIpc) is 3.22. The molecule has 0 saturated carbocycles. The monoisotopic (exact) mass is 404 g/mol. The molecule has 0 bridgehead atoms. The second-order valence-corrected chi connectivity index (χ2v) is 7.31. The van der Waals surface area contributed by atoms with E-state index in [1.54, 1.807) is 11.1 Å². The summed E-state index contributed by atoms with van der Waals surface area (Å²) < 4.78 is 2.75. The Morgan fingerprint density at radius 1 is 1.44 bits per heavy atom. The highest BCUT2D eigenvalue weighted by Crippen LogP contribution is 2.27. The van der Waals surface area contributed by atoms with Gasteiger partial charge in [-0.2, -0.15) is 5.10 Å². The van der Waals surface area contributed by atoms with Crippen molar-refractivity contribution in [3.63, 3.8) is 0 Å². The molecule has 3 rings (SSSR count). The Balaban J connectivity index is 1.53. The molecule has 2 unspecified atom stereocenters. The van der Waals surface area contributed by atoms with Gasteiger partial charge in [-0.15, -0.1) is 0 Å². The van der Waals surface area contributed by atoms with Crippen LogP contribution in [0.4, 0.5) is 5.69 Å². The van der Waals surface area contributed by atoms with Gasteiger partial charge >= 0.3 is 0 Å². The largest absolute Gasteiger partial charge is 0.355 e. The van der Waals surface area contributed by atoms with Crippen molar-refractivity contribution in [1.82, 2.24) is 15.1 Å². The Morgan fingerprint density at radius 2 is 2.28 bits per heavy atom. The quantitative estimate of drug-likeness (QED) is 0.751. The van der Waals surface area contributed by atoms with E-state index >= 15 is 0 Å². The van der Waals surface area contributed by atoms with Crippen LogP contribution in [0.25, 0.3) is 0 Å². The number of hydrogen-bond acceptors (Lipinski definition) is 3. The van der Waals surface area contributed by atoms with Crippen LogP contribution in [0.1, 0.15) is 13.3 Å². The molecule has 1 fully saturated rings. The number of benzene rings is 1. The topological polar surface area (TPSA) is 67.2 Å². The Morgan fingerprint density at radius 3 is 3.00 bits per heavy atom. The van der Waals surface area contributed by atoms with Crippen LogP contribution >= 0.6 is 15.9 Å². The molecule has 0 aliphatic carbocycles. The lowest BCUT2D eigenvalue weighted by atomic mass is 10.1. The minimum absolute atomic E-state index is 0.129. The van der Waals surface area contributed by atoms with E-state index in [0.29, 0.717) is 19.5 Å². The lowest BCUT2D eigenvalue weighted by Gasteiger charge is -2.18. The summed E-state index contributed by atoms with van der Waals surface area (Å²) in [6.45, 7) is 3.87. The number of hydrogen-bond donors (Lipinski definition) is 1. The Labute approximate surface area is 155 Å². The molecule has 0 radical (unpaired) electrons. The van der Waals surface area contributed by atoms with Gasteiger partial charge < -0.3 is 10.2 Å². The third kappa shape index (κ3) is 4.28. The molecule has 1 aliphatic rings. The molecular weight excluding hydrogens is 384 g/mol. The van der Waals surface area contributed by atoms with E-state index in [2.05, 4.69) is 26.3 Å². The molecule has 2 heterocycles. The van der Waals surface area contributed by atoms with Gasteiger partial charge in [-0.3, -0.25) is 14.3 Å². The minimum Gasteiger partial charge on any atom is -0.355 e. The van der Waals surface area contributed by atoms with Crippen LogP contribution in [0.3, 0.4) is 0 Å². The highest BCUT2D eigenvalue weighted by Gasteiger charge is 2.37. The fourth-order valence-electron chi connectivity index (χ4n) is 3.01. The van der Waals surface area contributed by atoms with Gasteiger partial charge in [-0.25, -0.2) is 0 Å². The van der Waals surface area contributed by atoms with Crippen molar-refractivity contribution in [1.29, 1.82) is 0 Å². The molecule has 7 heteroatoms. The summed E-state index contributed by atoms with van der Waals surface area (Å²) in [6.07, 6.45) is 4.18. The first-order valence-corrected chi connectivity index (χ1v) is 9.16. The first-order valence-electron chi connectivity index (χ1n) is 8.36. The smallest absolute Gasteiger partial charge is 0.239 e. The second kappa shape index (κ2) is 7.82. The van der Waals surface area contributed by atoms with Gasteiger partial charge in [0.1, 0.15) is 5.92 Å². The number of carbonyl (C=O) groups excluding carboxylic acids is 2. The average molecular weight is 405 g/mol. The summed E-state index contributed by atoms with van der Waals surface area (Å²) in [7, 11) is 0. The summed E-state index contributed by atoms with van der Waals surface area (Å²) in [4.78, 5) is 26.7. The predicted molar refractivity (Wildman–Crippen MR) is 99.0 cm³/mol. The van der Waals surface area contributed by atoms with E-state index in [1.807, 2.05) is 48.1 Å². The predicted octanol–water partition coefficient (Wildman–Crippen LogP) is 2.45. The first kappa shape index (κ1) is 17.7. The van der Waals surface area contributed by atoms with E-state index in [9.17, 15) is 9.59 Å². The van der Waals surface area contributed by atoms with Crippen molar-refractivity contribution in [2.24, 2.45) is 11.8 Å². The molecular formula is C18H21BrN4O2. The van der Waals surface area contributed by atoms with E-state index in [1.165, 1.54) is 0 Å². The number of aromatic nitrogens is 2. The third-order valence-corrected chi connectivity index (χ3v) is 4.82. The summed E-state index contributed by atoms with van der Waals surface area (Å²) in [5.74, 6) is -0.678. The highest BCUT2D eigenvalue weighted by atomic mass is 79.9. The molecule has 1 aromatic heterocycles. The SMILES string of the molecule is CC(CNC(=O)C1CCN(c2cccc(Br)c2)C1=O)Cn1cccn1. The van der Waals surface area contributed by atoms with Crippen molar-refractivity contribution in [3.05, 3.63) is 47.2 Å². The Bertz CT molecular complexity index is 747. The number of anilines is 1. The minimum atomic E-state index is -0.601. The van der Waals surface area contributed by atoms with E-state index in [4.69, 9.17) is 0 Å². The number of rotatable bonds is 6. The molecule has 132 valence electrons. The van der Waals surface area contributed by atoms with Gasteiger partial charge in [0.05, 0.1) is 0 Å².